The molecular weight excluding hydrogens is 556 g/mol. The Morgan fingerprint density at radius 1 is 0.773 bits per heavy atom. The first-order valence-corrected chi connectivity index (χ1v) is 16.4. The second kappa shape index (κ2) is 12.5. The molecule has 3 aromatic rings. The van der Waals surface area contributed by atoms with E-state index in [0.717, 1.165) is 86.9 Å². The number of carbonyl (C=O) groups excluding carboxylic acids is 2. The standard InChI is InChI=1S/C34H44N6O4/c1-44-28-7-2-24(3-8-28)23-38-32(41)11-10-30(33(38)42)40-29-9-4-26(20-31(29)39(34(40)43)27-5-6-27)22-37-18-16-36(17-19-37)21-25-12-14-35-15-13-25/h2-4,7-9,20,25,27,30,35H,5-6,10-19,21-23H2,1H3. The summed E-state index contributed by atoms with van der Waals surface area (Å²) in [6.07, 6.45) is 5.09. The summed E-state index contributed by atoms with van der Waals surface area (Å²) in [5.41, 5.74) is 3.60. The molecule has 0 radical (unpaired) electrons. The van der Waals surface area contributed by atoms with Crippen LogP contribution in [0.2, 0.25) is 0 Å². The Hall–Kier alpha value is -3.47. The van der Waals surface area contributed by atoms with E-state index in [-0.39, 0.29) is 36.5 Å². The van der Waals surface area contributed by atoms with E-state index in [1.807, 2.05) is 34.9 Å². The van der Waals surface area contributed by atoms with Crippen molar-refractivity contribution in [2.75, 3.05) is 52.9 Å². The second-order valence-electron chi connectivity index (χ2n) is 13.1. The number of rotatable bonds is 9. The van der Waals surface area contributed by atoms with E-state index in [9.17, 15) is 14.4 Å². The van der Waals surface area contributed by atoms with Crippen molar-refractivity contribution in [3.63, 3.8) is 0 Å². The van der Waals surface area contributed by atoms with Gasteiger partial charge < -0.3 is 15.0 Å². The molecule has 4 aliphatic rings. The van der Waals surface area contributed by atoms with Crippen molar-refractivity contribution in [1.29, 1.82) is 0 Å². The SMILES string of the molecule is COc1ccc(CN2C(=O)CCC(n3c(=O)n(C4CC4)c4cc(CN5CCN(CC6CCNCC6)CC5)ccc43)C2=O)cc1. The van der Waals surface area contributed by atoms with Crippen molar-refractivity contribution < 1.29 is 14.3 Å². The number of piperidine rings is 2. The number of aromatic nitrogens is 2. The molecule has 10 heteroatoms. The van der Waals surface area contributed by atoms with Crippen LogP contribution < -0.4 is 15.7 Å². The molecule has 2 aromatic carbocycles. The Bertz CT molecular complexity index is 1560. The van der Waals surface area contributed by atoms with Crippen LogP contribution in [0.3, 0.4) is 0 Å². The quantitative estimate of drug-likeness (QED) is 0.378. The van der Waals surface area contributed by atoms with Crippen molar-refractivity contribution in [1.82, 2.24) is 29.2 Å². The first kappa shape index (κ1) is 29.3. The zero-order chi connectivity index (χ0) is 30.2. The molecule has 0 spiro atoms. The molecular formula is C34H44N6O4. The Labute approximate surface area is 258 Å². The highest BCUT2D eigenvalue weighted by Crippen LogP contribution is 2.38. The first-order chi connectivity index (χ1) is 21.5. The van der Waals surface area contributed by atoms with Crippen LogP contribution in [0, 0.1) is 5.92 Å². The van der Waals surface area contributed by atoms with Gasteiger partial charge in [-0.3, -0.25) is 28.5 Å². The minimum Gasteiger partial charge on any atom is -0.497 e. The number of hydrogen-bond acceptors (Lipinski definition) is 7. The van der Waals surface area contributed by atoms with Crippen LogP contribution in [0.5, 0.6) is 5.75 Å². The summed E-state index contributed by atoms with van der Waals surface area (Å²) in [6.45, 7) is 8.85. The third-order valence-corrected chi connectivity index (χ3v) is 10.0. The molecule has 1 N–H and O–H groups in total. The highest BCUT2D eigenvalue weighted by Gasteiger charge is 2.39. The van der Waals surface area contributed by atoms with Crippen LogP contribution in [0.15, 0.2) is 47.3 Å². The Kier molecular flexibility index (Phi) is 8.31. The molecule has 1 unspecified atom stereocenters. The van der Waals surface area contributed by atoms with Gasteiger partial charge in [-0.2, -0.15) is 0 Å². The number of likely N-dealkylation sites (tertiary alicyclic amines) is 1. The van der Waals surface area contributed by atoms with Crippen LogP contribution in [0.25, 0.3) is 11.0 Å². The molecule has 234 valence electrons. The maximum Gasteiger partial charge on any atom is 0.330 e. The lowest BCUT2D eigenvalue weighted by molar-refractivity contribution is -0.151. The number of hydrogen-bond donors (Lipinski definition) is 1. The van der Waals surface area contributed by atoms with Crippen molar-refractivity contribution >= 4 is 22.8 Å². The molecule has 1 atom stereocenters. The highest BCUT2D eigenvalue weighted by molar-refractivity contribution is 6.00. The number of nitrogens with one attached hydrogen (secondary N) is 1. The number of methoxy groups -OCH3 is 1. The number of nitrogens with zero attached hydrogens (tertiary/aromatic N) is 5. The second-order valence-corrected chi connectivity index (χ2v) is 13.1. The van der Waals surface area contributed by atoms with Gasteiger partial charge in [0.15, 0.2) is 0 Å². The first-order valence-electron chi connectivity index (χ1n) is 16.4. The molecule has 4 heterocycles. The number of imidazole rings is 1. The summed E-state index contributed by atoms with van der Waals surface area (Å²) in [6, 6.07) is 13.2. The minimum absolute atomic E-state index is 0.136. The third kappa shape index (κ3) is 5.95. The predicted octanol–water partition coefficient (Wildman–Crippen LogP) is 3.15. The molecule has 3 saturated heterocycles. The number of carbonyl (C=O) groups is 2. The van der Waals surface area contributed by atoms with Crippen LogP contribution in [-0.4, -0.2) is 88.6 Å². The lowest BCUT2D eigenvalue weighted by Crippen LogP contribution is -2.48. The lowest BCUT2D eigenvalue weighted by Gasteiger charge is -2.37. The molecule has 3 aliphatic heterocycles. The van der Waals surface area contributed by atoms with E-state index >= 15 is 0 Å². The predicted molar refractivity (Wildman–Crippen MR) is 169 cm³/mol. The number of ether oxygens (including phenoxy) is 1. The normalized spacial score (nSPS) is 22.7. The van der Waals surface area contributed by atoms with Gasteiger partial charge in [-0.05, 0) is 86.5 Å². The topological polar surface area (TPSA) is 92.1 Å². The summed E-state index contributed by atoms with van der Waals surface area (Å²) < 4.78 is 8.83. The number of amides is 2. The summed E-state index contributed by atoms with van der Waals surface area (Å²) >= 11 is 0. The molecule has 2 amide bonds. The van der Waals surface area contributed by atoms with E-state index in [1.54, 1.807) is 11.7 Å². The summed E-state index contributed by atoms with van der Waals surface area (Å²) in [5.74, 6) is 1.04. The van der Waals surface area contributed by atoms with E-state index in [0.29, 0.717) is 6.42 Å². The smallest absolute Gasteiger partial charge is 0.330 e. The van der Waals surface area contributed by atoms with E-state index < -0.39 is 6.04 Å². The van der Waals surface area contributed by atoms with Crippen LogP contribution in [0.4, 0.5) is 0 Å². The van der Waals surface area contributed by atoms with Gasteiger partial charge in [-0.25, -0.2) is 4.79 Å². The molecule has 1 aromatic heterocycles. The van der Waals surface area contributed by atoms with E-state index in [1.165, 1.54) is 29.8 Å². The summed E-state index contributed by atoms with van der Waals surface area (Å²) in [7, 11) is 1.61. The number of piperazine rings is 1. The lowest BCUT2D eigenvalue weighted by atomic mass is 9.97. The number of fused-ring (bicyclic) bond motifs is 1. The maximum absolute atomic E-state index is 14.0. The van der Waals surface area contributed by atoms with Crippen LogP contribution in [-0.2, 0) is 22.7 Å². The fourth-order valence-corrected chi connectivity index (χ4v) is 7.33. The minimum atomic E-state index is -0.695. The Morgan fingerprint density at radius 3 is 2.18 bits per heavy atom. The number of imide groups is 1. The Balaban J connectivity index is 1.09. The van der Waals surface area contributed by atoms with E-state index in [2.05, 4.69) is 27.2 Å². The zero-order valence-corrected chi connectivity index (χ0v) is 25.7. The van der Waals surface area contributed by atoms with Gasteiger partial charge in [-0.15, -0.1) is 0 Å². The largest absolute Gasteiger partial charge is 0.497 e. The fourth-order valence-electron chi connectivity index (χ4n) is 7.33. The molecule has 7 rings (SSSR count). The van der Waals surface area contributed by atoms with Crippen LogP contribution in [0.1, 0.15) is 61.7 Å². The van der Waals surface area contributed by atoms with Gasteiger partial charge in [0, 0.05) is 51.7 Å². The molecule has 0 bridgehead atoms. The summed E-state index contributed by atoms with van der Waals surface area (Å²) in [4.78, 5) is 47.2. The average Bonchev–Trinajstić information content (AvgIpc) is 3.84. The van der Waals surface area contributed by atoms with Gasteiger partial charge >= 0.3 is 5.69 Å². The molecule has 44 heavy (non-hydrogen) atoms. The van der Waals surface area contributed by atoms with Crippen molar-refractivity contribution in [3.8, 4) is 5.75 Å². The maximum atomic E-state index is 14.0. The average molecular weight is 601 g/mol. The van der Waals surface area contributed by atoms with Gasteiger partial charge in [0.1, 0.15) is 11.8 Å². The molecule has 10 nitrogen and oxygen atoms in total. The van der Waals surface area contributed by atoms with Crippen molar-refractivity contribution in [2.24, 2.45) is 5.92 Å². The molecule has 1 saturated carbocycles. The van der Waals surface area contributed by atoms with Crippen molar-refractivity contribution in [3.05, 3.63) is 64.1 Å². The molecule has 1 aliphatic carbocycles. The highest BCUT2D eigenvalue weighted by atomic mass is 16.5. The van der Waals surface area contributed by atoms with Gasteiger partial charge in [-0.1, -0.05) is 18.2 Å². The zero-order valence-electron chi connectivity index (χ0n) is 25.7. The third-order valence-electron chi connectivity index (χ3n) is 10.0. The summed E-state index contributed by atoms with van der Waals surface area (Å²) in [5, 5.41) is 3.47. The Morgan fingerprint density at radius 2 is 1.48 bits per heavy atom. The van der Waals surface area contributed by atoms with Gasteiger partial charge in [0.25, 0.3) is 5.91 Å². The molecule has 4 fully saturated rings. The van der Waals surface area contributed by atoms with Crippen molar-refractivity contribution in [2.45, 2.75) is 63.7 Å². The monoisotopic (exact) mass is 600 g/mol. The number of benzene rings is 2. The fraction of sp³-hybridized carbons (Fsp3) is 0.559. The van der Waals surface area contributed by atoms with E-state index in [4.69, 9.17) is 4.74 Å². The van der Waals surface area contributed by atoms with Gasteiger partial charge in [0.2, 0.25) is 5.91 Å². The van der Waals surface area contributed by atoms with Gasteiger partial charge in [0.05, 0.1) is 24.7 Å². The van der Waals surface area contributed by atoms with Crippen LogP contribution >= 0.6 is 0 Å².